The Bertz CT molecular complexity index is 891. The van der Waals surface area contributed by atoms with Crippen LogP contribution in [0.5, 0.6) is 0 Å². The van der Waals surface area contributed by atoms with Crippen LogP contribution in [0.1, 0.15) is 251 Å². The minimum Gasteiger partial charge on any atom is -0.462 e. The Labute approximate surface area is 346 Å². The van der Waals surface area contributed by atoms with E-state index in [1.165, 1.54) is 186 Å². The normalized spacial score (nSPS) is 13.1. The van der Waals surface area contributed by atoms with Gasteiger partial charge >= 0.3 is 19.8 Å². The third-order valence-electron chi connectivity index (χ3n) is 10.7. The van der Waals surface area contributed by atoms with Crippen molar-refractivity contribution < 1.29 is 37.6 Å². The lowest BCUT2D eigenvalue weighted by Gasteiger charge is -2.19. The fourth-order valence-electron chi connectivity index (χ4n) is 7.17. The van der Waals surface area contributed by atoms with Crippen LogP contribution >= 0.6 is 7.82 Å². The van der Waals surface area contributed by atoms with E-state index in [2.05, 4.69) is 13.8 Å². The molecule has 0 bridgehead atoms. The van der Waals surface area contributed by atoms with E-state index in [1.54, 1.807) is 0 Å². The summed E-state index contributed by atoms with van der Waals surface area (Å²) in [6.45, 7) is 3.74. The van der Waals surface area contributed by atoms with Gasteiger partial charge < -0.3 is 20.1 Å². The van der Waals surface area contributed by atoms with Crippen LogP contribution in [-0.2, 0) is 32.7 Å². The molecule has 0 aromatic heterocycles. The molecule has 0 aliphatic rings. The van der Waals surface area contributed by atoms with Crippen molar-refractivity contribution in [2.45, 2.75) is 258 Å². The van der Waals surface area contributed by atoms with Crippen LogP contribution in [0, 0.1) is 0 Å². The monoisotopic (exact) mass is 818 g/mol. The summed E-state index contributed by atoms with van der Waals surface area (Å²) >= 11 is 0. The first-order valence-corrected chi connectivity index (χ1v) is 25.5. The van der Waals surface area contributed by atoms with Crippen LogP contribution in [0.2, 0.25) is 0 Å². The van der Waals surface area contributed by atoms with Crippen LogP contribution in [0.3, 0.4) is 0 Å². The molecule has 0 aromatic rings. The highest BCUT2D eigenvalue weighted by Crippen LogP contribution is 2.43. The summed E-state index contributed by atoms with van der Waals surface area (Å²) < 4.78 is 32.7. The number of ether oxygens (including phenoxy) is 2. The number of phosphoric acid groups is 1. The predicted molar refractivity (Wildman–Crippen MR) is 234 cm³/mol. The summed E-state index contributed by atoms with van der Waals surface area (Å²) in [5, 5.41) is 0. The van der Waals surface area contributed by atoms with Crippen molar-refractivity contribution in [3.63, 3.8) is 0 Å². The van der Waals surface area contributed by atoms with Gasteiger partial charge in [0.25, 0.3) is 0 Å². The Morgan fingerprint density at radius 1 is 0.464 bits per heavy atom. The average Bonchev–Trinajstić information content (AvgIpc) is 3.18. The van der Waals surface area contributed by atoms with Gasteiger partial charge in [0.2, 0.25) is 0 Å². The highest BCUT2D eigenvalue weighted by molar-refractivity contribution is 7.47. The van der Waals surface area contributed by atoms with E-state index >= 15 is 0 Å². The zero-order chi connectivity index (χ0) is 41.1. The van der Waals surface area contributed by atoms with E-state index in [0.29, 0.717) is 6.42 Å². The topological polar surface area (TPSA) is 134 Å². The third kappa shape index (κ3) is 42.6. The molecule has 0 saturated heterocycles. The van der Waals surface area contributed by atoms with Crippen molar-refractivity contribution in [1.82, 2.24) is 0 Å². The van der Waals surface area contributed by atoms with Crippen LogP contribution in [0.15, 0.2) is 0 Å². The molecule has 0 aliphatic carbocycles. The number of esters is 2. The van der Waals surface area contributed by atoms with Crippen molar-refractivity contribution in [2.75, 3.05) is 26.4 Å². The number of hydrogen-bond donors (Lipinski definition) is 2. The van der Waals surface area contributed by atoms with Gasteiger partial charge in [0.1, 0.15) is 6.61 Å². The minimum atomic E-state index is -4.36. The number of hydrogen-bond acceptors (Lipinski definition) is 8. The summed E-state index contributed by atoms with van der Waals surface area (Å²) in [4.78, 5) is 34.7. The van der Waals surface area contributed by atoms with Gasteiger partial charge in [-0.1, -0.05) is 226 Å². The molecule has 0 spiro atoms. The third-order valence-corrected chi connectivity index (χ3v) is 11.7. The molecular formula is C46H92NO8P. The fourth-order valence-corrected chi connectivity index (χ4v) is 7.93. The molecule has 0 aromatic carbocycles. The van der Waals surface area contributed by atoms with Gasteiger partial charge in [-0.25, -0.2) is 4.57 Å². The molecule has 10 heteroatoms. The van der Waals surface area contributed by atoms with E-state index in [0.717, 1.165) is 32.1 Å². The Morgan fingerprint density at radius 3 is 1.09 bits per heavy atom. The second kappa shape index (κ2) is 43.6. The SMILES string of the molecule is CCCCCCCCCCCCCCCCCCCCCCCCCCCCCC(=O)OC(COC(=O)CCCCCCCCCC)COP(=O)(O)OCCN. The van der Waals surface area contributed by atoms with E-state index in [4.69, 9.17) is 24.3 Å². The van der Waals surface area contributed by atoms with E-state index in [9.17, 15) is 19.0 Å². The average molecular weight is 818 g/mol. The van der Waals surface area contributed by atoms with Gasteiger partial charge in [0, 0.05) is 19.4 Å². The maximum Gasteiger partial charge on any atom is 0.472 e. The first-order valence-electron chi connectivity index (χ1n) is 24.0. The Morgan fingerprint density at radius 2 is 0.768 bits per heavy atom. The van der Waals surface area contributed by atoms with Crippen LogP contribution in [0.25, 0.3) is 0 Å². The highest BCUT2D eigenvalue weighted by Gasteiger charge is 2.26. The van der Waals surface area contributed by atoms with Crippen molar-refractivity contribution >= 4 is 19.8 Å². The number of carbonyl (C=O) groups is 2. The van der Waals surface area contributed by atoms with Gasteiger partial charge in [-0.2, -0.15) is 0 Å². The molecule has 334 valence electrons. The zero-order valence-electron chi connectivity index (χ0n) is 36.9. The molecule has 0 saturated carbocycles. The summed E-state index contributed by atoms with van der Waals surface area (Å²) in [6, 6.07) is 0. The molecular weight excluding hydrogens is 725 g/mol. The lowest BCUT2D eigenvalue weighted by molar-refractivity contribution is -0.161. The molecule has 0 aliphatic heterocycles. The maximum absolute atomic E-state index is 12.6. The standard InChI is InChI=1S/C46H92NO8P/c1-3-5-7-9-11-13-14-15-16-17-18-19-20-21-22-23-24-25-26-27-28-29-30-31-33-35-37-39-46(49)55-44(43-54-56(50,51)53-41-40-47)42-52-45(48)38-36-34-32-12-10-8-6-4-2/h44H,3-43,47H2,1-2H3,(H,50,51). The lowest BCUT2D eigenvalue weighted by atomic mass is 10.0. The lowest BCUT2D eigenvalue weighted by Crippen LogP contribution is -2.29. The summed E-state index contributed by atoms with van der Waals surface area (Å²) in [6.07, 6.45) is 44.6. The smallest absolute Gasteiger partial charge is 0.462 e. The van der Waals surface area contributed by atoms with Crippen molar-refractivity contribution in [3.8, 4) is 0 Å². The zero-order valence-corrected chi connectivity index (χ0v) is 37.8. The largest absolute Gasteiger partial charge is 0.472 e. The Kier molecular flexibility index (Phi) is 42.8. The molecule has 0 amide bonds. The molecule has 56 heavy (non-hydrogen) atoms. The predicted octanol–water partition coefficient (Wildman–Crippen LogP) is 14.0. The number of rotatable bonds is 46. The first-order chi connectivity index (χ1) is 27.3. The second-order valence-corrected chi connectivity index (χ2v) is 17.8. The van der Waals surface area contributed by atoms with Gasteiger partial charge in [-0.15, -0.1) is 0 Å². The Balaban J connectivity index is 3.83. The number of nitrogens with two attached hydrogens (primary N) is 1. The minimum absolute atomic E-state index is 0.0579. The van der Waals surface area contributed by atoms with E-state index in [1.807, 2.05) is 0 Å². The van der Waals surface area contributed by atoms with E-state index in [-0.39, 0.29) is 38.6 Å². The van der Waals surface area contributed by atoms with Gasteiger partial charge in [-0.3, -0.25) is 18.6 Å². The summed E-state index contributed by atoms with van der Waals surface area (Å²) in [7, 11) is -4.36. The van der Waals surface area contributed by atoms with Crippen LogP contribution < -0.4 is 5.73 Å². The number of carbonyl (C=O) groups excluding carboxylic acids is 2. The molecule has 2 atom stereocenters. The van der Waals surface area contributed by atoms with Crippen LogP contribution in [-0.4, -0.2) is 49.3 Å². The summed E-state index contributed by atoms with van der Waals surface area (Å²) in [5.74, 6) is -0.817. The molecule has 2 unspecified atom stereocenters. The fraction of sp³-hybridized carbons (Fsp3) is 0.957. The van der Waals surface area contributed by atoms with Crippen molar-refractivity contribution in [2.24, 2.45) is 5.73 Å². The second-order valence-electron chi connectivity index (χ2n) is 16.3. The van der Waals surface area contributed by atoms with E-state index < -0.39 is 26.5 Å². The first kappa shape index (κ1) is 55.0. The van der Waals surface area contributed by atoms with Gasteiger partial charge in [0.05, 0.1) is 13.2 Å². The quantitative estimate of drug-likeness (QED) is 0.0350. The van der Waals surface area contributed by atoms with Crippen LogP contribution in [0.4, 0.5) is 0 Å². The molecule has 0 fully saturated rings. The molecule has 3 N–H and O–H groups in total. The van der Waals surface area contributed by atoms with Gasteiger partial charge in [0.15, 0.2) is 6.10 Å². The molecule has 0 rings (SSSR count). The van der Waals surface area contributed by atoms with Crippen molar-refractivity contribution in [3.05, 3.63) is 0 Å². The summed E-state index contributed by atoms with van der Waals surface area (Å²) in [5.41, 5.74) is 5.34. The number of phosphoric ester groups is 1. The van der Waals surface area contributed by atoms with Crippen molar-refractivity contribution in [1.29, 1.82) is 0 Å². The number of unbranched alkanes of at least 4 members (excludes halogenated alkanes) is 33. The molecule has 9 nitrogen and oxygen atoms in total. The van der Waals surface area contributed by atoms with Gasteiger partial charge in [-0.05, 0) is 12.8 Å². The maximum atomic E-state index is 12.6. The Hall–Kier alpha value is -0.990. The highest BCUT2D eigenvalue weighted by atomic mass is 31.2. The molecule has 0 radical (unpaired) electrons. The molecule has 0 heterocycles.